The third-order valence-electron chi connectivity index (χ3n) is 4.61. The van der Waals surface area contributed by atoms with Gasteiger partial charge in [0.25, 0.3) is 5.91 Å². The van der Waals surface area contributed by atoms with E-state index in [0.717, 1.165) is 11.1 Å². The number of rotatable bonds is 4. The number of nitrogens with one attached hydrogen (secondary N) is 1. The van der Waals surface area contributed by atoms with Gasteiger partial charge >= 0.3 is 0 Å². The minimum Gasteiger partial charge on any atom is -0.350 e. The van der Waals surface area contributed by atoms with Crippen LogP contribution < -0.4 is 5.32 Å². The van der Waals surface area contributed by atoms with E-state index in [-0.39, 0.29) is 16.8 Å². The van der Waals surface area contributed by atoms with Crippen molar-refractivity contribution in [3.05, 3.63) is 64.7 Å². The number of fused-ring (bicyclic) bond motifs is 1. The Labute approximate surface area is 155 Å². The number of carbonyl (C=O) groups is 1. The van der Waals surface area contributed by atoms with Crippen molar-refractivity contribution in [3.63, 3.8) is 0 Å². The SMILES string of the molecule is Cc1ccc(S(=O)(=O)N2CCc3ccccc3C2)cc1C(=O)NC(C)C. The Morgan fingerprint density at radius 1 is 1.12 bits per heavy atom. The number of hydrogen-bond acceptors (Lipinski definition) is 3. The molecule has 6 heteroatoms. The van der Waals surface area contributed by atoms with Gasteiger partial charge in [0.1, 0.15) is 0 Å². The smallest absolute Gasteiger partial charge is 0.251 e. The fourth-order valence-electron chi connectivity index (χ4n) is 3.17. The van der Waals surface area contributed by atoms with E-state index in [1.807, 2.05) is 45.0 Å². The molecule has 0 spiro atoms. The molecule has 1 heterocycles. The minimum atomic E-state index is -3.65. The molecule has 0 bridgehead atoms. The number of nitrogens with zero attached hydrogens (tertiary/aromatic N) is 1. The average molecular weight is 372 g/mol. The second kappa shape index (κ2) is 7.21. The Balaban J connectivity index is 1.92. The Morgan fingerprint density at radius 3 is 2.50 bits per heavy atom. The van der Waals surface area contributed by atoms with Crippen LogP contribution in [-0.4, -0.2) is 31.2 Å². The zero-order chi connectivity index (χ0) is 18.9. The van der Waals surface area contributed by atoms with E-state index >= 15 is 0 Å². The third-order valence-corrected chi connectivity index (χ3v) is 6.45. The summed E-state index contributed by atoms with van der Waals surface area (Å²) in [6, 6.07) is 12.7. The zero-order valence-corrected chi connectivity index (χ0v) is 16.1. The van der Waals surface area contributed by atoms with Crippen LogP contribution in [0.25, 0.3) is 0 Å². The van der Waals surface area contributed by atoms with Crippen LogP contribution in [0.5, 0.6) is 0 Å². The summed E-state index contributed by atoms with van der Waals surface area (Å²) in [4.78, 5) is 12.5. The van der Waals surface area contributed by atoms with Gasteiger partial charge in [0.15, 0.2) is 0 Å². The van der Waals surface area contributed by atoms with Crippen LogP contribution in [0.2, 0.25) is 0 Å². The fraction of sp³-hybridized carbons (Fsp3) is 0.350. The molecule has 0 saturated heterocycles. The Kier molecular flexibility index (Phi) is 5.16. The van der Waals surface area contributed by atoms with Crippen molar-refractivity contribution in [1.29, 1.82) is 0 Å². The van der Waals surface area contributed by atoms with Crippen LogP contribution in [0.1, 0.15) is 40.9 Å². The highest BCUT2D eigenvalue weighted by atomic mass is 32.2. The van der Waals surface area contributed by atoms with E-state index < -0.39 is 10.0 Å². The maximum absolute atomic E-state index is 13.1. The topological polar surface area (TPSA) is 66.5 Å². The van der Waals surface area contributed by atoms with Gasteiger partial charge in [-0.05, 0) is 56.0 Å². The van der Waals surface area contributed by atoms with Crippen molar-refractivity contribution in [2.75, 3.05) is 6.54 Å². The second-order valence-corrected chi connectivity index (χ2v) is 8.90. The van der Waals surface area contributed by atoms with Gasteiger partial charge in [-0.15, -0.1) is 0 Å². The molecule has 1 aliphatic heterocycles. The van der Waals surface area contributed by atoms with E-state index in [1.54, 1.807) is 12.1 Å². The quantitative estimate of drug-likeness (QED) is 0.897. The van der Waals surface area contributed by atoms with Crippen LogP contribution in [0.4, 0.5) is 0 Å². The van der Waals surface area contributed by atoms with Crippen molar-refractivity contribution < 1.29 is 13.2 Å². The van der Waals surface area contributed by atoms with E-state index in [9.17, 15) is 13.2 Å². The van der Waals surface area contributed by atoms with Crippen LogP contribution in [-0.2, 0) is 23.0 Å². The highest BCUT2D eigenvalue weighted by Gasteiger charge is 2.29. The average Bonchev–Trinajstić information content (AvgIpc) is 2.60. The summed E-state index contributed by atoms with van der Waals surface area (Å²) in [5.74, 6) is -0.251. The van der Waals surface area contributed by atoms with Gasteiger partial charge in [-0.1, -0.05) is 30.3 Å². The van der Waals surface area contributed by atoms with Gasteiger partial charge in [0.2, 0.25) is 10.0 Å². The fourth-order valence-corrected chi connectivity index (χ4v) is 4.62. The molecule has 0 atom stereocenters. The maximum atomic E-state index is 13.1. The summed E-state index contributed by atoms with van der Waals surface area (Å²) in [6.45, 7) is 6.36. The maximum Gasteiger partial charge on any atom is 0.251 e. The van der Waals surface area contributed by atoms with Gasteiger partial charge in [-0.25, -0.2) is 8.42 Å². The summed E-state index contributed by atoms with van der Waals surface area (Å²) in [5, 5.41) is 2.82. The van der Waals surface area contributed by atoms with Crippen LogP contribution in [0.3, 0.4) is 0 Å². The number of benzene rings is 2. The first-order valence-corrected chi connectivity index (χ1v) is 10.2. The predicted molar refractivity (Wildman–Crippen MR) is 102 cm³/mol. The van der Waals surface area contributed by atoms with Crippen molar-refractivity contribution in [2.24, 2.45) is 0 Å². The summed E-state index contributed by atoms with van der Waals surface area (Å²) in [6.07, 6.45) is 0.696. The Morgan fingerprint density at radius 2 is 1.81 bits per heavy atom. The van der Waals surface area contributed by atoms with Crippen molar-refractivity contribution in [1.82, 2.24) is 9.62 Å². The normalized spacial score (nSPS) is 14.9. The molecular formula is C20H24N2O3S. The molecule has 0 aromatic heterocycles. The zero-order valence-electron chi connectivity index (χ0n) is 15.3. The molecule has 0 fully saturated rings. The summed E-state index contributed by atoms with van der Waals surface area (Å²) in [7, 11) is -3.65. The highest BCUT2D eigenvalue weighted by molar-refractivity contribution is 7.89. The molecule has 0 unspecified atom stereocenters. The van der Waals surface area contributed by atoms with Crippen LogP contribution in [0.15, 0.2) is 47.4 Å². The van der Waals surface area contributed by atoms with Crippen LogP contribution in [0, 0.1) is 6.92 Å². The number of sulfonamides is 1. The molecule has 1 N–H and O–H groups in total. The number of aryl methyl sites for hydroxylation is 1. The molecule has 1 aliphatic rings. The van der Waals surface area contributed by atoms with E-state index in [2.05, 4.69) is 5.32 Å². The molecule has 2 aromatic rings. The first-order valence-electron chi connectivity index (χ1n) is 8.77. The Bertz CT molecular complexity index is 936. The monoisotopic (exact) mass is 372 g/mol. The standard InChI is InChI=1S/C20H24N2O3S/c1-14(2)21-20(23)19-12-18(9-8-15(19)3)26(24,25)22-11-10-16-6-4-5-7-17(16)13-22/h4-9,12,14H,10-11,13H2,1-3H3,(H,21,23). The summed E-state index contributed by atoms with van der Waals surface area (Å²) < 4.78 is 27.7. The molecule has 0 saturated carbocycles. The highest BCUT2D eigenvalue weighted by Crippen LogP contribution is 2.26. The number of carbonyl (C=O) groups excluding carboxylic acids is 1. The molecule has 2 aromatic carbocycles. The lowest BCUT2D eigenvalue weighted by Crippen LogP contribution is -2.36. The first-order chi connectivity index (χ1) is 12.3. The molecule has 1 amide bonds. The number of hydrogen-bond donors (Lipinski definition) is 1. The lowest BCUT2D eigenvalue weighted by Gasteiger charge is -2.28. The second-order valence-electron chi connectivity index (χ2n) is 6.96. The Hall–Kier alpha value is -2.18. The van der Waals surface area contributed by atoms with Crippen molar-refractivity contribution in [2.45, 2.75) is 44.7 Å². The summed E-state index contributed by atoms with van der Waals surface area (Å²) >= 11 is 0. The van der Waals surface area contributed by atoms with Crippen molar-refractivity contribution >= 4 is 15.9 Å². The van der Waals surface area contributed by atoms with Crippen LogP contribution >= 0.6 is 0 Å². The molecule has 3 rings (SSSR count). The van der Waals surface area contributed by atoms with Gasteiger partial charge in [-0.2, -0.15) is 4.31 Å². The van der Waals surface area contributed by atoms with E-state index in [0.29, 0.717) is 25.1 Å². The largest absolute Gasteiger partial charge is 0.350 e. The predicted octanol–water partition coefficient (Wildman–Crippen LogP) is 2.88. The first kappa shape index (κ1) is 18.6. The van der Waals surface area contributed by atoms with Gasteiger partial charge < -0.3 is 5.32 Å². The van der Waals surface area contributed by atoms with Crippen molar-refractivity contribution in [3.8, 4) is 0 Å². The van der Waals surface area contributed by atoms with E-state index in [4.69, 9.17) is 0 Å². The van der Waals surface area contributed by atoms with Gasteiger partial charge in [-0.3, -0.25) is 4.79 Å². The molecule has 5 nitrogen and oxygen atoms in total. The van der Waals surface area contributed by atoms with Gasteiger partial charge in [0.05, 0.1) is 4.90 Å². The molecule has 26 heavy (non-hydrogen) atoms. The minimum absolute atomic E-state index is 0.0132. The molecule has 138 valence electrons. The van der Waals surface area contributed by atoms with Gasteiger partial charge in [0, 0.05) is 24.7 Å². The van der Waals surface area contributed by atoms with E-state index in [1.165, 1.54) is 15.9 Å². The summed E-state index contributed by atoms with van der Waals surface area (Å²) in [5.41, 5.74) is 3.38. The molecular weight excluding hydrogens is 348 g/mol. The molecule has 0 radical (unpaired) electrons. The number of amides is 1. The third kappa shape index (κ3) is 3.66. The molecule has 0 aliphatic carbocycles. The lowest BCUT2D eigenvalue weighted by molar-refractivity contribution is 0.0942. The lowest BCUT2D eigenvalue weighted by atomic mass is 10.0.